The summed E-state index contributed by atoms with van der Waals surface area (Å²) in [6, 6.07) is 14.2. The molecule has 3 N–H and O–H groups in total. The lowest BCUT2D eigenvalue weighted by molar-refractivity contribution is 0.413. The Hall–Kier alpha value is -1.56. The number of methoxy groups -OCH3 is 1. The van der Waals surface area contributed by atoms with Crippen LogP contribution in [0.25, 0.3) is 0 Å². The molecule has 106 valence electrons. The topological polar surface area (TPSA) is 47.3 Å². The molecular formula is C15H17FN2OS. The van der Waals surface area contributed by atoms with Crippen LogP contribution in [0.4, 0.5) is 4.39 Å². The normalized spacial score (nSPS) is 12.2. The first-order chi connectivity index (χ1) is 9.72. The van der Waals surface area contributed by atoms with E-state index in [1.54, 1.807) is 31.0 Å². The molecule has 3 nitrogen and oxygen atoms in total. The van der Waals surface area contributed by atoms with E-state index in [0.717, 1.165) is 22.0 Å². The molecule has 0 aromatic heterocycles. The van der Waals surface area contributed by atoms with Crippen molar-refractivity contribution in [1.82, 2.24) is 5.43 Å². The molecule has 0 aliphatic rings. The Balaban J connectivity index is 2.03. The predicted molar refractivity (Wildman–Crippen MR) is 80.2 cm³/mol. The molecule has 2 aromatic rings. The second-order valence-corrected chi connectivity index (χ2v) is 5.35. The lowest BCUT2D eigenvalue weighted by Crippen LogP contribution is -2.29. The van der Waals surface area contributed by atoms with Crippen molar-refractivity contribution in [1.29, 1.82) is 0 Å². The minimum Gasteiger partial charge on any atom is -0.497 e. The Labute approximate surface area is 122 Å². The third-order valence-corrected chi connectivity index (χ3v) is 4.03. The minimum absolute atomic E-state index is 0.000142. The van der Waals surface area contributed by atoms with Crippen molar-refractivity contribution in [2.24, 2.45) is 5.84 Å². The highest BCUT2D eigenvalue weighted by atomic mass is 32.2. The molecule has 2 rings (SSSR count). The van der Waals surface area contributed by atoms with E-state index in [4.69, 9.17) is 10.6 Å². The van der Waals surface area contributed by atoms with E-state index in [0.29, 0.717) is 0 Å². The van der Waals surface area contributed by atoms with E-state index in [1.165, 1.54) is 12.1 Å². The van der Waals surface area contributed by atoms with Gasteiger partial charge in [-0.05, 0) is 42.0 Å². The maximum atomic E-state index is 12.8. The van der Waals surface area contributed by atoms with Gasteiger partial charge >= 0.3 is 0 Å². The zero-order chi connectivity index (χ0) is 14.4. The van der Waals surface area contributed by atoms with E-state index in [1.807, 2.05) is 24.3 Å². The Morgan fingerprint density at radius 1 is 1.25 bits per heavy atom. The number of hydrogen-bond acceptors (Lipinski definition) is 4. The first-order valence-electron chi connectivity index (χ1n) is 6.21. The summed E-state index contributed by atoms with van der Waals surface area (Å²) in [6.07, 6.45) is 0. The third-order valence-electron chi connectivity index (χ3n) is 2.93. The number of nitrogens with two attached hydrogens (primary N) is 1. The molecule has 0 saturated carbocycles. The van der Waals surface area contributed by atoms with Crippen LogP contribution < -0.4 is 16.0 Å². The van der Waals surface area contributed by atoms with Gasteiger partial charge in [0.15, 0.2) is 0 Å². The van der Waals surface area contributed by atoms with Gasteiger partial charge in [0.2, 0.25) is 0 Å². The maximum absolute atomic E-state index is 12.8. The van der Waals surface area contributed by atoms with Gasteiger partial charge in [0, 0.05) is 10.6 Å². The highest BCUT2D eigenvalue weighted by molar-refractivity contribution is 7.99. The summed E-state index contributed by atoms with van der Waals surface area (Å²) in [5.74, 6) is 6.94. The molecule has 0 radical (unpaired) electrons. The summed E-state index contributed by atoms with van der Waals surface area (Å²) < 4.78 is 18.1. The van der Waals surface area contributed by atoms with Gasteiger partial charge in [0.1, 0.15) is 11.6 Å². The van der Waals surface area contributed by atoms with Crippen LogP contribution in [0, 0.1) is 5.82 Å². The van der Waals surface area contributed by atoms with Crippen LogP contribution in [-0.2, 0) is 0 Å². The van der Waals surface area contributed by atoms with Gasteiger partial charge in [-0.1, -0.05) is 12.1 Å². The number of benzene rings is 2. The van der Waals surface area contributed by atoms with Crippen LogP contribution in [0.1, 0.15) is 11.6 Å². The standard InChI is InChI=1S/C15H17FN2OS/c1-19-13-4-2-3-11(9-13)15(18-17)10-20-14-7-5-12(16)6-8-14/h2-9,15,18H,10,17H2,1H3. The summed E-state index contributed by atoms with van der Waals surface area (Å²) in [5.41, 5.74) is 3.86. The molecular weight excluding hydrogens is 275 g/mol. The summed E-state index contributed by atoms with van der Waals surface area (Å²) in [4.78, 5) is 1.01. The van der Waals surface area contributed by atoms with Crippen LogP contribution in [0.5, 0.6) is 5.75 Å². The van der Waals surface area contributed by atoms with Crippen molar-refractivity contribution in [3.63, 3.8) is 0 Å². The SMILES string of the molecule is COc1cccc(C(CSc2ccc(F)cc2)NN)c1. The van der Waals surface area contributed by atoms with Crippen LogP contribution in [0.3, 0.4) is 0 Å². The van der Waals surface area contributed by atoms with Crippen molar-refractivity contribution < 1.29 is 9.13 Å². The molecule has 1 atom stereocenters. The second kappa shape index (κ2) is 7.28. The average Bonchev–Trinajstić information content (AvgIpc) is 2.50. The fourth-order valence-electron chi connectivity index (χ4n) is 1.81. The molecule has 0 saturated heterocycles. The first kappa shape index (κ1) is 14.8. The highest BCUT2D eigenvalue weighted by Crippen LogP contribution is 2.26. The fraction of sp³-hybridized carbons (Fsp3) is 0.200. The second-order valence-electron chi connectivity index (χ2n) is 4.26. The highest BCUT2D eigenvalue weighted by Gasteiger charge is 2.11. The molecule has 0 fully saturated rings. The summed E-state index contributed by atoms with van der Waals surface area (Å²) in [6.45, 7) is 0. The molecule has 0 aliphatic carbocycles. The van der Waals surface area contributed by atoms with Crippen molar-refractivity contribution in [2.45, 2.75) is 10.9 Å². The summed E-state index contributed by atoms with van der Waals surface area (Å²) in [7, 11) is 1.64. The molecule has 0 heterocycles. The van der Waals surface area contributed by atoms with Crippen molar-refractivity contribution in [3.8, 4) is 5.75 Å². The number of halogens is 1. The molecule has 2 aromatic carbocycles. The van der Waals surface area contributed by atoms with Crippen molar-refractivity contribution in [3.05, 3.63) is 59.9 Å². The average molecular weight is 292 g/mol. The lowest BCUT2D eigenvalue weighted by Gasteiger charge is -2.16. The van der Waals surface area contributed by atoms with Crippen LogP contribution >= 0.6 is 11.8 Å². The van der Waals surface area contributed by atoms with Crippen molar-refractivity contribution >= 4 is 11.8 Å². The molecule has 0 amide bonds. The molecule has 1 unspecified atom stereocenters. The molecule has 0 spiro atoms. The fourth-order valence-corrected chi connectivity index (χ4v) is 2.79. The van der Waals surface area contributed by atoms with E-state index < -0.39 is 0 Å². The molecule has 5 heteroatoms. The first-order valence-corrected chi connectivity index (χ1v) is 7.20. The van der Waals surface area contributed by atoms with Gasteiger partial charge in [-0.2, -0.15) is 0 Å². The Morgan fingerprint density at radius 2 is 2.00 bits per heavy atom. The monoisotopic (exact) mass is 292 g/mol. The lowest BCUT2D eigenvalue weighted by atomic mass is 10.1. The number of thioether (sulfide) groups is 1. The Kier molecular flexibility index (Phi) is 5.40. The summed E-state index contributed by atoms with van der Waals surface area (Å²) >= 11 is 1.62. The zero-order valence-electron chi connectivity index (χ0n) is 11.2. The van der Waals surface area contributed by atoms with E-state index in [9.17, 15) is 4.39 Å². The number of rotatable bonds is 6. The zero-order valence-corrected chi connectivity index (χ0v) is 12.0. The van der Waals surface area contributed by atoms with Gasteiger partial charge in [-0.25, -0.2) is 4.39 Å². The number of hydrazine groups is 1. The van der Waals surface area contributed by atoms with Gasteiger partial charge < -0.3 is 4.74 Å². The number of nitrogens with one attached hydrogen (secondary N) is 1. The Bertz CT molecular complexity index is 548. The Morgan fingerprint density at radius 3 is 2.65 bits per heavy atom. The summed E-state index contributed by atoms with van der Waals surface area (Å²) in [5, 5.41) is 0. The van der Waals surface area contributed by atoms with Gasteiger partial charge in [-0.3, -0.25) is 11.3 Å². The van der Waals surface area contributed by atoms with Crippen LogP contribution in [0.2, 0.25) is 0 Å². The van der Waals surface area contributed by atoms with Crippen LogP contribution in [0.15, 0.2) is 53.4 Å². The van der Waals surface area contributed by atoms with Crippen molar-refractivity contribution in [2.75, 3.05) is 12.9 Å². The van der Waals surface area contributed by atoms with E-state index in [-0.39, 0.29) is 11.9 Å². The largest absolute Gasteiger partial charge is 0.497 e. The van der Waals surface area contributed by atoms with Gasteiger partial charge in [0.25, 0.3) is 0 Å². The predicted octanol–water partition coefficient (Wildman–Crippen LogP) is 3.13. The molecule has 0 aliphatic heterocycles. The number of hydrogen-bond donors (Lipinski definition) is 2. The molecule has 20 heavy (non-hydrogen) atoms. The smallest absolute Gasteiger partial charge is 0.123 e. The molecule has 0 bridgehead atoms. The van der Waals surface area contributed by atoms with E-state index >= 15 is 0 Å². The van der Waals surface area contributed by atoms with Gasteiger partial charge in [-0.15, -0.1) is 11.8 Å². The third kappa shape index (κ3) is 3.96. The minimum atomic E-state index is -0.226. The maximum Gasteiger partial charge on any atom is 0.123 e. The van der Waals surface area contributed by atoms with E-state index in [2.05, 4.69) is 5.43 Å². The van der Waals surface area contributed by atoms with Crippen LogP contribution in [-0.4, -0.2) is 12.9 Å². The van der Waals surface area contributed by atoms with Gasteiger partial charge in [0.05, 0.1) is 13.2 Å². The number of ether oxygens (including phenoxy) is 1. The quantitative estimate of drug-likeness (QED) is 0.488.